The molecule has 0 radical (unpaired) electrons. The maximum absolute atomic E-state index is 4.20. The predicted octanol–water partition coefficient (Wildman–Crippen LogP) is 2.63. The summed E-state index contributed by atoms with van der Waals surface area (Å²) in [6.45, 7) is 1.99. The summed E-state index contributed by atoms with van der Waals surface area (Å²) in [5.41, 5.74) is 2.08. The van der Waals surface area contributed by atoms with Crippen molar-refractivity contribution in [1.29, 1.82) is 0 Å². The van der Waals surface area contributed by atoms with E-state index in [4.69, 9.17) is 0 Å². The number of anilines is 3. The number of hydrogen-bond donors (Lipinski definition) is 2. The van der Waals surface area contributed by atoms with Crippen LogP contribution >= 0.6 is 11.3 Å². The van der Waals surface area contributed by atoms with E-state index in [-0.39, 0.29) is 0 Å². The summed E-state index contributed by atoms with van der Waals surface area (Å²) < 4.78 is 0. The van der Waals surface area contributed by atoms with Gasteiger partial charge < -0.3 is 10.6 Å². The second kappa shape index (κ2) is 4.27. The molecule has 2 heterocycles. The zero-order valence-corrected chi connectivity index (χ0v) is 9.43. The SMILES string of the molecule is CNc1ncnc(Nc2ccsc2)c1C. The zero-order chi connectivity index (χ0) is 10.7. The molecule has 5 heteroatoms. The number of thiophene rings is 1. The van der Waals surface area contributed by atoms with E-state index in [0.717, 1.165) is 22.9 Å². The summed E-state index contributed by atoms with van der Waals surface area (Å²) in [6, 6.07) is 2.02. The third kappa shape index (κ3) is 2.07. The first-order valence-corrected chi connectivity index (χ1v) is 5.54. The molecule has 0 aliphatic carbocycles. The van der Waals surface area contributed by atoms with Gasteiger partial charge in [-0.3, -0.25) is 0 Å². The van der Waals surface area contributed by atoms with E-state index >= 15 is 0 Å². The Balaban J connectivity index is 2.29. The minimum Gasteiger partial charge on any atom is -0.373 e. The normalized spacial score (nSPS) is 10.0. The van der Waals surface area contributed by atoms with Crippen molar-refractivity contribution >= 4 is 28.7 Å². The van der Waals surface area contributed by atoms with E-state index in [1.54, 1.807) is 17.7 Å². The van der Waals surface area contributed by atoms with Crippen LogP contribution < -0.4 is 10.6 Å². The summed E-state index contributed by atoms with van der Waals surface area (Å²) in [5, 5.41) is 10.3. The molecule has 15 heavy (non-hydrogen) atoms. The number of nitrogens with zero attached hydrogens (tertiary/aromatic N) is 2. The van der Waals surface area contributed by atoms with Gasteiger partial charge >= 0.3 is 0 Å². The smallest absolute Gasteiger partial charge is 0.138 e. The molecule has 2 rings (SSSR count). The van der Waals surface area contributed by atoms with Crippen molar-refractivity contribution in [2.45, 2.75) is 6.92 Å². The van der Waals surface area contributed by atoms with E-state index in [0.29, 0.717) is 0 Å². The largest absolute Gasteiger partial charge is 0.373 e. The maximum Gasteiger partial charge on any atom is 0.138 e. The molecule has 0 aromatic carbocycles. The Morgan fingerprint density at radius 3 is 2.73 bits per heavy atom. The van der Waals surface area contributed by atoms with Crippen molar-refractivity contribution in [3.05, 3.63) is 28.7 Å². The Labute approximate surface area is 92.4 Å². The van der Waals surface area contributed by atoms with Crippen LogP contribution in [0.3, 0.4) is 0 Å². The Morgan fingerprint density at radius 2 is 2.07 bits per heavy atom. The van der Waals surface area contributed by atoms with Gasteiger partial charge in [-0.25, -0.2) is 9.97 Å². The average molecular weight is 220 g/mol. The number of nitrogens with one attached hydrogen (secondary N) is 2. The first-order chi connectivity index (χ1) is 7.31. The van der Waals surface area contributed by atoms with E-state index in [9.17, 15) is 0 Å². The average Bonchev–Trinajstić information content (AvgIpc) is 2.74. The number of hydrogen-bond acceptors (Lipinski definition) is 5. The molecular weight excluding hydrogens is 208 g/mol. The van der Waals surface area contributed by atoms with Gasteiger partial charge in [0.1, 0.15) is 18.0 Å². The summed E-state index contributed by atoms with van der Waals surface area (Å²) in [7, 11) is 1.85. The van der Waals surface area contributed by atoms with Crippen molar-refractivity contribution in [2.24, 2.45) is 0 Å². The molecule has 0 amide bonds. The molecule has 2 aromatic heterocycles. The lowest BCUT2D eigenvalue weighted by atomic mass is 10.3. The maximum atomic E-state index is 4.20. The molecule has 0 saturated heterocycles. The highest BCUT2D eigenvalue weighted by Gasteiger charge is 2.05. The first kappa shape index (κ1) is 9.92. The summed E-state index contributed by atoms with van der Waals surface area (Å²) in [6.07, 6.45) is 1.55. The summed E-state index contributed by atoms with van der Waals surface area (Å²) in [5.74, 6) is 1.69. The van der Waals surface area contributed by atoms with Crippen LogP contribution in [0.4, 0.5) is 17.3 Å². The van der Waals surface area contributed by atoms with Crippen LogP contribution in [-0.2, 0) is 0 Å². The highest BCUT2D eigenvalue weighted by atomic mass is 32.1. The van der Waals surface area contributed by atoms with Crippen LogP contribution in [0, 0.1) is 6.92 Å². The number of rotatable bonds is 3. The molecule has 0 aliphatic rings. The predicted molar refractivity (Wildman–Crippen MR) is 63.9 cm³/mol. The molecule has 78 valence electrons. The first-order valence-electron chi connectivity index (χ1n) is 4.60. The number of aromatic nitrogens is 2. The van der Waals surface area contributed by atoms with Crippen molar-refractivity contribution in [3.63, 3.8) is 0 Å². The lowest BCUT2D eigenvalue weighted by molar-refractivity contribution is 1.12. The quantitative estimate of drug-likeness (QED) is 0.835. The minimum absolute atomic E-state index is 0.841. The molecule has 2 aromatic rings. The van der Waals surface area contributed by atoms with Gasteiger partial charge in [0.25, 0.3) is 0 Å². The van der Waals surface area contributed by atoms with E-state index in [2.05, 4.69) is 20.6 Å². The monoisotopic (exact) mass is 220 g/mol. The van der Waals surface area contributed by atoms with Crippen molar-refractivity contribution < 1.29 is 0 Å². The molecule has 2 N–H and O–H groups in total. The van der Waals surface area contributed by atoms with Gasteiger partial charge in [0.05, 0.1) is 5.69 Å². The standard InChI is InChI=1S/C10H12N4S/c1-7-9(11-2)12-6-13-10(7)14-8-3-4-15-5-8/h3-6H,1-2H3,(H2,11,12,13,14). The van der Waals surface area contributed by atoms with Gasteiger partial charge in [0, 0.05) is 18.0 Å². The van der Waals surface area contributed by atoms with Gasteiger partial charge in [-0.1, -0.05) is 0 Å². The van der Waals surface area contributed by atoms with Gasteiger partial charge in [-0.05, 0) is 18.4 Å². The fourth-order valence-corrected chi connectivity index (χ4v) is 1.89. The van der Waals surface area contributed by atoms with Gasteiger partial charge in [-0.15, -0.1) is 0 Å². The van der Waals surface area contributed by atoms with Crippen LogP contribution in [-0.4, -0.2) is 17.0 Å². The van der Waals surface area contributed by atoms with Crippen molar-refractivity contribution in [1.82, 2.24) is 9.97 Å². The molecular formula is C10H12N4S. The fourth-order valence-electron chi connectivity index (χ4n) is 1.30. The van der Waals surface area contributed by atoms with E-state index < -0.39 is 0 Å². The highest BCUT2D eigenvalue weighted by molar-refractivity contribution is 7.08. The Morgan fingerprint density at radius 1 is 1.27 bits per heavy atom. The fraction of sp³-hybridized carbons (Fsp3) is 0.200. The van der Waals surface area contributed by atoms with Gasteiger partial charge in [-0.2, -0.15) is 11.3 Å². The third-order valence-corrected chi connectivity index (χ3v) is 2.79. The third-order valence-electron chi connectivity index (χ3n) is 2.10. The summed E-state index contributed by atoms with van der Waals surface area (Å²) >= 11 is 1.65. The molecule has 0 spiro atoms. The Bertz CT molecular complexity index is 439. The molecule has 0 saturated carbocycles. The van der Waals surface area contributed by atoms with Crippen molar-refractivity contribution in [2.75, 3.05) is 17.7 Å². The second-order valence-electron chi connectivity index (χ2n) is 3.08. The molecule has 0 unspecified atom stereocenters. The lowest BCUT2D eigenvalue weighted by Gasteiger charge is -2.09. The Kier molecular flexibility index (Phi) is 2.82. The van der Waals surface area contributed by atoms with Crippen LogP contribution in [0.25, 0.3) is 0 Å². The second-order valence-corrected chi connectivity index (χ2v) is 3.86. The Hall–Kier alpha value is -1.62. The lowest BCUT2D eigenvalue weighted by Crippen LogP contribution is -2.01. The minimum atomic E-state index is 0.841. The molecule has 0 atom stereocenters. The van der Waals surface area contributed by atoms with E-state index in [1.165, 1.54) is 0 Å². The topological polar surface area (TPSA) is 49.8 Å². The molecule has 4 nitrogen and oxygen atoms in total. The van der Waals surface area contributed by atoms with Crippen LogP contribution in [0.15, 0.2) is 23.2 Å². The van der Waals surface area contributed by atoms with Crippen LogP contribution in [0.2, 0.25) is 0 Å². The highest BCUT2D eigenvalue weighted by Crippen LogP contribution is 2.22. The molecule has 0 bridgehead atoms. The summed E-state index contributed by atoms with van der Waals surface area (Å²) in [4.78, 5) is 8.33. The van der Waals surface area contributed by atoms with E-state index in [1.807, 2.05) is 30.8 Å². The molecule has 0 aliphatic heterocycles. The van der Waals surface area contributed by atoms with Crippen LogP contribution in [0.5, 0.6) is 0 Å². The zero-order valence-electron chi connectivity index (χ0n) is 8.61. The molecule has 0 fully saturated rings. The van der Waals surface area contributed by atoms with Crippen LogP contribution in [0.1, 0.15) is 5.56 Å². The van der Waals surface area contributed by atoms with Gasteiger partial charge in [0.15, 0.2) is 0 Å². The van der Waals surface area contributed by atoms with Gasteiger partial charge in [0.2, 0.25) is 0 Å². The van der Waals surface area contributed by atoms with Crippen molar-refractivity contribution in [3.8, 4) is 0 Å².